The van der Waals surface area contributed by atoms with Crippen molar-refractivity contribution in [1.82, 2.24) is 19.9 Å². The average molecular weight is 583 g/mol. The number of aryl methyl sites for hydroxylation is 1. The number of hydrogen-bond donors (Lipinski definition) is 0. The van der Waals surface area contributed by atoms with Crippen LogP contribution in [0.15, 0.2) is 140 Å². The third-order valence-corrected chi connectivity index (χ3v) is 9.10. The van der Waals surface area contributed by atoms with Crippen LogP contribution < -0.4 is 0 Å². The normalized spacial score (nSPS) is 11.3. The zero-order valence-electron chi connectivity index (χ0n) is 24.0. The molecule has 0 atom stereocenters. The van der Waals surface area contributed by atoms with E-state index in [4.69, 9.17) is 15.0 Å². The highest BCUT2D eigenvalue weighted by atomic mass is 32.1. The van der Waals surface area contributed by atoms with E-state index in [2.05, 4.69) is 71.7 Å². The van der Waals surface area contributed by atoms with Gasteiger partial charge in [-0.15, -0.1) is 11.3 Å². The Balaban J connectivity index is 1.35. The van der Waals surface area contributed by atoms with Gasteiger partial charge in [-0.2, -0.15) is 0 Å². The van der Waals surface area contributed by atoms with Gasteiger partial charge in [0.1, 0.15) is 0 Å². The van der Waals surface area contributed by atoms with Gasteiger partial charge in [0.15, 0.2) is 17.5 Å². The first-order valence-corrected chi connectivity index (χ1v) is 15.4. The predicted octanol–water partition coefficient (Wildman–Crippen LogP) is 10.3. The fourth-order valence-electron chi connectivity index (χ4n) is 5.58. The van der Waals surface area contributed by atoms with Crippen LogP contribution in [0.5, 0.6) is 0 Å². The molecule has 0 aliphatic rings. The summed E-state index contributed by atoms with van der Waals surface area (Å²) in [5, 5.41) is 2.44. The maximum Gasteiger partial charge on any atom is 0.165 e. The number of rotatable bonds is 5. The lowest BCUT2D eigenvalue weighted by Crippen LogP contribution is -2.00. The summed E-state index contributed by atoms with van der Waals surface area (Å²) in [6, 6.07) is 46.3. The van der Waals surface area contributed by atoms with E-state index < -0.39 is 0 Å². The number of nitrogens with zero attached hydrogens (tertiary/aromatic N) is 4. The minimum Gasteiger partial charge on any atom is -0.261 e. The Bertz CT molecular complexity index is 2200. The molecule has 5 heteroatoms. The van der Waals surface area contributed by atoms with Crippen molar-refractivity contribution >= 4 is 31.5 Å². The van der Waals surface area contributed by atoms with Crippen LogP contribution in [0.3, 0.4) is 0 Å². The van der Waals surface area contributed by atoms with Crippen molar-refractivity contribution in [1.29, 1.82) is 0 Å². The molecule has 0 fully saturated rings. The lowest BCUT2D eigenvalue weighted by molar-refractivity contribution is 1.08. The molecule has 0 N–H and O–H groups in total. The molecule has 0 spiro atoms. The van der Waals surface area contributed by atoms with E-state index in [0.717, 1.165) is 44.6 Å². The van der Waals surface area contributed by atoms with Gasteiger partial charge < -0.3 is 0 Å². The lowest BCUT2D eigenvalue weighted by Gasteiger charge is -2.11. The summed E-state index contributed by atoms with van der Waals surface area (Å²) in [6.07, 6.45) is 1.93. The molecule has 208 valence electrons. The third kappa shape index (κ3) is 4.83. The van der Waals surface area contributed by atoms with Crippen LogP contribution in [0, 0.1) is 6.92 Å². The molecule has 4 nitrogen and oxygen atoms in total. The number of hydrogen-bond acceptors (Lipinski definition) is 5. The van der Waals surface area contributed by atoms with E-state index >= 15 is 0 Å². The van der Waals surface area contributed by atoms with E-state index in [9.17, 15) is 0 Å². The number of fused-ring (bicyclic) bond motifs is 3. The van der Waals surface area contributed by atoms with Crippen molar-refractivity contribution in [2.45, 2.75) is 6.92 Å². The topological polar surface area (TPSA) is 51.6 Å². The van der Waals surface area contributed by atoms with Crippen molar-refractivity contribution in [2.75, 3.05) is 0 Å². The molecule has 0 radical (unpaired) electrons. The second-order valence-electron chi connectivity index (χ2n) is 10.8. The van der Waals surface area contributed by atoms with Gasteiger partial charge in [-0.05, 0) is 47.9 Å². The summed E-state index contributed by atoms with van der Waals surface area (Å²) in [5.74, 6) is 1.98. The smallest absolute Gasteiger partial charge is 0.165 e. The van der Waals surface area contributed by atoms with Crippen molar-refractivity contribution < 1.29 is 0 Å². The Labute approximate surface area is 259 Å². The molecule has 0 saturated carbocycles. The molecule has 8 aromatic rings. The predicted molar refractivity (Wildman–Crippen MR) is 182 cm³/mol. The van der Waals surface area contributed by atoms with Gasteiger partial charge in [0, 0.05) is 54.3 Å². The third-order valence-electron chi connectivity index (χ3n) is 7.88. The number of pyridine rings is 1. The van der Waals surface area contributed by atoms with Gasteiger partial charge in [-0.25, -0.2) is 15.0 Å². The fourth-order valence-corrected chi connectivity index (χ4v) is 6.78. The molecule has 3 aromatic heterocycles. The van der Waals surface area contributed by atoms with Crippen molar-refractivity contribution in [3.63, 3.8) is 0 Å². The second-order valence-corrected chi connectivity index (χ2v) is 11.9. The van der Waals surface area contributed by atoms with Crippen LogP contribution in [-0.2, 0) is 0 Å². The first kappa shape index (κ1) is 26.1. The highest BCUT2D eigenvalue weighted by Crippen LogP contribution is 2.42. The monoisotopic (exact) mass is 582 g/mol. The highest BCUT2D eigenvalue weighted by molar-refractivity contribution is 7.26. The SMILES string of the molecule is Cc1ccc(-c2ccc(-c3cc(-c4nc(-c5ccccc5)nc(-c5ccccc5)n4)c4sc5ccccc5c4c3)cc2)cn1. The summed E-state index contributed by atoms with van der Waals surface area (Å²) in [7, 11) is 0. The van der Waals surface area contributed by atoms with Crippen LogP contribution in [-0.4, -0.2) is 19.9 Å². The van der Waals surface area contributed by atoms with Crippen molar-refractivity contribution in [3.05, 3.63) is 145 Å². The fraction of sp³-hybridized carbons (Fsp3) is 0.0256. The van der Waals surface area contributed by atoms with Crippen LogP contribution in [0.1, 0.15) is 5.69 Å². The summed E-state index contributed by atoms with van der Waals surface area (Å²) >= 11 is 1.78. The standard InChI is InChI=1S/C39H26N4S/c1-25-16-17-30(24-40-25)26-18-20-27(21-19-26)31-22-33-32-14-8-9-15-35(32)44-36(33)34(23-31)39-42-37(28-10-4-2-5-11-28)41-38(43-39)29-12-6-3-7-13-29/h2-24H,1H3. The minimum absolute atomic E-state index is 0.658. The van der Waals surface area contributed by atoms with Crippen molar-refractivity contribution in [3.8, 4) is 56.4 Å². The summed E-state index contributed by atoms with van der Waals surface area (Å²) in [5.41, 5.74) is 8.42. The maximum absolute atomic E-state index is 5.09. The first-order valence-electron chi connectivity index (χ1n) is 14.6. The zero-order valence-corrected chi connectivity index (χ0v) is 24.8. The Morgan fingerprint density at radius 2 is 1.02 bits per heavy atom. The van der Waals surface area contributed by atoms with Crippen molar-refractivity contribution in [2.24, 2.45) is 0 Å². The van der Waals surface area contributed by atoms with E-state index in [1.165, 1.54) is 20.2 Å². The van der Waals surface area contributed by atoms with Gasteiger partial charge >= 0.3 is 0 Å². The molecule has 0 unspecified atom stereocenters. The molecule has 8 rings (SSSR count). The molecule has 3 heterocycles. The average Bonchev–Trinajstić information content (AvgIpc) is 3.48. The first-order chi connectivity index (χ1) is 21.7. The minimum atomic E-state index is 0.658. The lowest BCUT2D eigenvalue weighted by atomic mass is 9.97. The molecule has 0 amide bonds. The molecular formula is C39H26N4S. The molecule has 0 aliphatic heterocycles. The molecule has 0 saturated heterocycles. The summed E-state index contributed by atoms with van der Waals surface area (Å²) in [4.78, 5) is 19.6. The van der Waals surface area contributed by atoms with E-state index in [1.807, 2.05) is 79.9 Å². The Morgan fingerprint density at radius 1 is 0.455 bits per heavy atom. The van der Waals surface area contributed by atoms with E-state index in [1.54, 1.807) is 11.3 Å². The van der Waals surface area contributed by atoms with Gasteiger partial charge in [-0.3, -0.25) is 4.98 Å². The second kappa shape index (κ2) is 11.0. The number of benzene rings is 5. The quantitative estimate of drug-likeness (QED) is 0.203. The number of aromatic nitrogens is 4. The molecular weight excluding hydrogens is 557 g/mol. The van der Waals surface area contributed by atoms with E-state index in [0.29, 0.717) is 17.5 Å². The van der Waals surface area contributed by atoms with Gasteiger partial charge in [-0.1, -0.05) is 109 Å². The van der Waals surface area contributed by atoms with Crippen LogP contribution >= 0.6 is 11.3 Å². The van der Waals surface area contributed by atoms with Gasteiger partial charge in [0.2, 0.25) is 0 Å². The Morgan fingerprint density at radius 3 is 1.66 bits per heavy atom. The molecule has 5 aromatic carbocycles. The Kier molecular flexibility index (Phi) is 6.51. The maximum atomic E-state index is 5.09. The van der Waals surface area contributed by atoms with Crippen LogP contribution in [0.25, 0.3) is 76.6 Å². The number of thiophene rings is 1. The van der Waals surface area contributed by atoms with Crippen LogP contribution in [0.4, 0.5) is 0 Å². The van der Waals surface area contributed by atoms with E-state index in [-0.39, 0.29) is 0 Å². The summed E-state index contributed by atoms with van der Waals surface area (Å²) < 4.78 is 2.41. The largest absolute Gasteiger partial charge is 0.261 e. The highest BCUT2D eigenvalue weighted by Gasteiger charge is 2.18. The summed E-state index contributed by atoms with van der Waals surface area (Å²) in [6.45, 7) is 2.01. The van der Waals surface area contributed by atoms with Crippen LogP contribution in [0.2, 0.25) is 0 Å². The van der Waals surface area contributed by atoms with Gasteiger partial charge in [0.05, 0.1) is 0 Å². The van der Waals surface area contributed by atoms with Gasteiger partial charge in [0.25, 0.3) is 0 Å². The molecule has 0 bridgehead atoms. The molecule has 0 aliphatic carbocycles. The molecule has 44 heavy (non-hydrogen) atoms. The zero-order chi connectivity index (χ0) is 29.5. The Hall–Kier alpha value is -5.52.